The van der Waals surface area contributed by atoms with Gasteiger partial charge in [0.2, 0.25) is 6.08 Å². The van der Waals surface area contributed by atoms with Crippen molar-refractivity contribution in [3.05, 3.63) is 97.6 Å². The molecule has 4 heterocycles. The number of benzene rings is 2. The van der Waals surface area contributed by atoms with Crippen LogP contribution >= 0.6 is 12.4 Å². The number of halogens is 1. The number of nitrogens with two attached hydrogens (primary N) is 1. The lowest BCUT2D eigenvalue weighted by Crippen LogP contribution is -1.85. The molecule has 0 aliphatic rings. The smallest absolute Gasteiger partial charge is 0.240 e. The highest BCUT2D eigenvalue weighted by Gasteiger charge is 2.06. The van der Waals surface area contributed by atoms with Gasteiger partial charge in [-0.3, -0.25) is 9.97 Å². The van der Waals surface area contributed by atoms with Gasteiger partial charge in [0.05, 0.1) is 40.5 Å². The number of isocyanates is 1. The maximum atomic E-state index is 10.3. The van der Waals surface area contributed by atoms with Crippen molar-refractivity contribution in [3.63, 3.8) is 0 Å². The molecule has 0 saturated heterocycles. The van der Waals surface area contributed by atoms with Gasteiger partial charge in [-0.05, 0) is 12.1 Å². The topological polar surface area (TPSA) is 113 Å². The number of hydrogen-bond donors (Lipinski definition) is 3. The van der Waals surface area contributed by atoms with Gasteiger partial charge in [0, 0.05) is 34.3 Å². The minimum atomic E-state index is 0. The van der Waals surface area contributed by atoms with Crippen molar-refractivity contribution >= 4 is 51.7 Å². The zero-order valence-corrected chi connectivity index (χ0v) is 19.3. The van der Waals surface area contributed by atoms with Crippen LogP contribution in [0, 0.1) is 0 Å². The zero-order valence-electron chi connectivity index (χ0n) is 18.5. The molecule has 0 atom stereocenters. The van der Waals surface area contributed by atoms with Crippen molar-refractivity contribution in [2.45, 2.75) is 0 Å². The maximum absolute atomic E-state index is 10.3. The Bertz CT molecular complexity index is 1620. The van der Waals surface area contributed by atoms with Gasteiger partial charge in [-0.1, -0.05) is 60.7 Å². The molecule has 0 bridgehead atoms. The summed E-state index contributed by atoms with van der Waals surface area (Å²) in [4.78, 5) is 28.9. The van der Waals surface area contributed by atoms with E-state index in [2.05, 4.69) is 24.9 Å². The molecule has 8 heteroatoms. The summed E-state index contributed by atoms with van der Waals surface area (Å²) in [5.74, 6) is 0. The molecule has 6 rings (SSSR count). The van der Waals surface area contributed by atoms with E-state index in [9.17, 15) is 4.79 Å². The van der Waals surface area contributed by atoms with Gasteiger partial charge < -0.3 is 15.7 Å². The first-order valence-electron chi connectivity index (χ1n) is 10.6. The van der Waals surface area contributed by atoms with Gasteiger partial charge in [-0.2, -0.15) is 4.99 Å². The number of fused-ring (bicyclic) bond motifs is 2. The lowest BCUT2D eigenvalue weighted by Gasteiger charge is -2.00. The molecule has 0 radical (unpaired) electrons. The number of nitrogens with one attached hydrogen (secondary N) is 2. The van der Waals surface area contributed by atoms with Gasteiger partial charge in [-0.25, -0.2) is 4.79 Å². The van der Waals surface area contributed by atoms with Crippen LogP contribution in [-0.4, -0.2) is 26.0 Å². The fourth-order valence-corrected chi connectivity index (χ4v) is 3.72. The van der Waals surface area contributed by atoms with E-state index in [1.54, 1.807) is 24.7 Å². The van der Waals surface area contributed by atoms with Gasteiger partial charge in [0.25, 0.3) is 0 Å². The summed E-state index contributed by atoms with van der Waals surface area (Å²) in [5.41, 5.74) is 13.0. The third-order valence-electron chi connectivity index (χ3n) is 5.45. The van der Waals surface area contributed by atoms with Crippen LogP contribution in [0.5, 0.6) is 0 Å². The molecule has 172 valence electrons. The van der Waals surface area contributed by atoms with Crippen LogP contribution in [0.25, 0.3) is 44.3 Å². The lowest BCUT2D eigenvalue weighted by atomic mass is 10.1. The number of carbonyl (C=O) groups excluding carboxylic acids is 1. The number of aliphatic imine (C=N–C) groups is 1. The molecule has 6 aromatic rings. The summed E-state index contributed by atoms with van der Waals surface area (Å²) in [6, 6.07) is 23.9. The van der Waals surface area contributed by atoms with E-state index in [-0.39, 0.29) is 12.4 Å². The summed E-state index contributed by atoms with van der Waals surface area (Å²) in [6.45, 7) is 0. The molecule has 4 N–H and O–H groups in total. The highest BCUT2D eigenvalue weighted by atomic mass is 35.5. The second-order valence-electron chi connectivity index (χ2n) is 7.58. The van der Waals surface area contributed by atoms with E-state index in [1.807, 2.05) is 79.0 Å². The summed E-state index contributed by atoms with van der Waals surface area (Å²) in [7, 11) is 0. The lowest BCUT2D eigenvalue weighted by molar-refractivity contribution is 0.565. The van der Waals surface area contributed by atoms with Crippen LogP contribution in [0.2, 0.25) is 0 Å². The normalized spacial score (nSPS) is 10.2. The summed E-state index contributed by atoms with van der Waals surface area (Å²) < 4.78 is 0. The quantitative estimate of drug-likeness (QED) is 0.200. The number of hydrogen-bond acceptors (Lipinski definition) is 5. The molecule has 4 aromatic heterocycles. The Morgan fingerprint density at radius 1 is 0.743 bits per heavy atom. The Morgan fingerprint density at radius 2 is 1.26 bits per heavy atom. The number of rotatable bonds is 3. The number of nitrogen functional groups attached to an aromatic ring is 1. The monoisotopic (exact) mass is 480 g/mol. The largest absolute Gasteiger partial charge is 0.397 e. The van der Waals surface area contributed by atoms with Crippen molar-refractivity contribution < 1.29 is 4.79 Å². The molecule has 2 aromatic carbocycles. The Labute approximate surface area is 207 Å². The molecule has 0 saturated carbocycles. The molecule has 0 spiro atoms. The van der Waals surface area contributed by atoms with Crippen LogP contribution < -0.4 is 5.73 Å². The highest BCUT2D eigenvalue weighted by Crippen LogP contribution is 2.28. The minimum Gasteiger partial charge on any atom is -0.397 e. The van der Waals surface area contributed by atoms with E-state index in [4.69, 9.17) is 5.73 Å². The van der Waals surface area contributed by atoms with Gasteiger partial charge in [0.15, 0.2) is 0 Å². The molecule has 0 aliphatic heterocycles. The molecule has 0 unspecified atom stereocenters. The fraction of sp³-hybridized carbons (Fsp3) is 0. The van der Waals surface area contributed by atoms with Crippen molar-refractivity contribution in [1.82, 2.24) is 19.9 Å². The third kappa shape index (κ3) is 4.96. The van der Waals surface area contributed by atoms with Crippen molar-refractivity contribution in [1.29, 1.82) is 0 Å². The first-order valence-corrected chi connectivity index (χ1v) is 10.6. The summed E-state index contributed by atoms with van der Waals surface area (Å²) >= 11 is 0. The van der Waals surface area contributed by atoms with E-state index in [0.29, 0.717) is 5.69 Å². The van der Waals surface area contributed by atoms with Crippen LogP contribution in [0.1, 0.15) is 0 Å². The van der Waals surface area contributed by atoms with Crippen molar-refractivity contribution in [3.8, 4) is 22.5 Å². The Kier molecular flexibility index (Phi) is 7.02. The predicted molar refractivity (Wildman–Crippen MR) is 143 cm³/mol. The van der Waals surface area contributed by atoms with E-state index in [1.165, 1.54) is 0 Å². The van der Waals surface area contributed by atoms with Crippen molar-refractivity contribution in [2.24, 2.45) is 4.99 Å². The average molecular weight is 481 g/mol. The zero-order chi connectivity index (χ0) is 23.3. The van der Waals surface area contributed by atoms with E-state index >= 15 is 0 Å². The summed E-state index contributed by atoms with van der Waals surface area (Å²) in [5, 5.41) is 1.89. The number of pyridine rings is 2. The molecular formula is C27H21ClN6O. The molecule has 35 heavy (non-hydrogen) atoms. The first kappa shape index (κ1) is 23.4. The maximum Gasteiger partial charge on any atom is 0.240 e. The van der Waals surface area contributed by atoms with Crippen LogP contribution in [0.3, 0.4) is 0 Å². The molecule has 0 aliphatic carbocycles. The number of H-pyrrole nitrogens is 2. The van der Waals surface area contributed by atoms with Crippen LogP contribution in [0.4, 0.5) is 11.4 Å². The highest BCUT2D eigenvalue weighted by molar-refractivity contribution is 5.94. The fourth-order valence-electron chi connectivity index (χ4n) is 3.72. The Morgan fingerprint density at radius 3 is 1.83 bits per heavy atom. The second-order valence-corrected chi connectivity index (χ2v) is 7.58. The van der Waals surface area contributed by atoms with E-state index in [0.717, 1.165) is 50.0 Å². The van der Waals surface area contributed by atoms with E-state index < -0.39 is 0 Å². The summed E-state index contributed by atoms with van der Waals surface area (Å²) in [6.07, 6.45) is 8.57. The standard InChI is InChI=1S/C14H9N3O.C13H11N3.ClH/c18-9-17-14-8-16-13-7-15-12(6-11(13)14)10-4-2-1-3-5-10;14-11-7-15-13-8-16-12(6-10(11)13)9-4-2-1-3-5-9;/h1-8,16H;1-8,15H,14H2;1H. The predicted octanol–water partition coefficient (Wildman–Crippen LogP) is 6.43. The minimum absolute atomic E-state index is 0. The molecule has 7 nitrogen and oxygen atoms in total. The number of aromatic amines is 2. The second kappa shape index (κ2) is 10.5. The number of aromatic nitrogens is 4. The van der Waals surface area contributed by atoms with Gasteiger partial charge in [0.1, 0.15) is 5.69 Å². The first-order chi connectivity index (χ1) is 16.7. The van der Waals surface area contributed by atoms with Crippen LogP contribution in [-0.2, 0) is 4.79 Å². The molecular weight excluding hydrogens is 460 g/mol. The average Bonchev–Trinajstić information content (AvgIpc) is 3.48. The number of anilines is 1. The Balaban J connectivity index is 0.000000161. The molecule has 0 amide bonds. The Hall–Kier alpha value is -4.71. The van der Waals surface area contributed by atoms with Gasteiger partial charge >= 0.3 is 0 Å². The third-order valence-corrected chi connectivity index (χ3v) is 5.45. The molecule has 0 fully saturated rings. The SMILES string of the molecule is Cl.Nc1c[nH]c2cnc(-c3ccccc3)cc12.O=C=Nc1c[nH]c2cnc(-c3ccccc3)cc12. The van der Waals surface area contributed by atoms with Crippen molar-refractivity contribution in [2.75, 3.05) is 5.73 Å². The number of nitrogens with zero attached hydrogens (tertiary/aromatic N) is 3. The van der Waals surface area contributed by atoms with Gasteiger partial charge in [-0.15, -0.1) is 12.4 Å². The van der Waals surface area contributed by atoms with Crippen LogP contribution in [0.15, 0.2) is 103 Å².